The molecule has 2 rings (SSSR count). The summed E-state index contributed by atoms with van der Waals surface area (Å²) in [4.78, 5) is 11.9. The lowest BCUT2D eigenvalue weighted by molar-refractivity contribution is -0.111. The van der Waals surface area contributed by atoms with Crippen molar-refractivity contribution < 1.29 is 4.79 Å². The van der Waals surface area contributed by atoms with E-state index in [1.54, 1.807) is 54.6 Å². The van der Waals surface area contributed by atoms with Gasteiger partial charge in [-0.2, -0.15) is 10.5 Å². The Hall–Kier alpha value is -3.37. The van der Waals surface area contributed by atoms with Gasteiger partial charge in [-0.25, -0.2) is 0 Å². The Morgan fingerprint density at radius 2 is 1.57 bits per heavy atom. The summed E-state index contributed by atoms with van der Waals surface area (Å²) in [6.07, 6.45) is 2.91. The highest BCUT2D eigenvalue weighted by Crippen LogP contribution is 2.14. The summed E-state index contributed by atoms with van der Waals surface area (Å²) in [5, 5.41) is 20.6. The van der Waals surface area contributed by atoms with Gasteiger partial charge in [-0.15, -0.1) is 0 Å². The van der Waals surface area contributed by atoms with Crippen molar-refractivity contribution in [1.29, 1.82) is 10.5 Å². The van der Waals surface area contributed by atoms with E-state index in [4.69, 9.17) is 10.5 Å². The molecule has 0 heterocycles. The van der Waals surface area contributed by atoms with Crippen LogP contribution in [0.5, 0.6) is 0 Å². The maximum absolute atomic E-state index is 11.9. The number of para-hydroxylation sites is 1. The van der Waals surface area contributed by atoms with Crippen LogP contribution >= 0.6 is 0 Å². The highest BCUT2D eigenvalue weighted by atomic mass is 16.1. The molecule has 21 heavy (non-hydrogen) atoms. The van der Waals surface area contributed by atoms with Gasteiger partial charge in [0.15, 0.2) is 0 Å². The predicted molar refractivity (Wildman–Crippen MR) is 80.0 cm³/mol. The number of hydrogen-bond acceptors (Lipinski definition) is 3. The lowest BCUT2D eigenvalue weighted by atomic mass is 10.1. The van der Waals surface area contributed by atoms with E-state index in [9.17, 15) is 4.79 Å². The highest BCUT2D eigenvalue weighted by molar-refractivity contribution is 6.02. The largest absolute Gasteiger partial charge is 0.321 e. The van der Waals surface area contributed by atoms with Crippen LogP contribution in [0.3, 0.4) is 0 Å². The van der Waals surface area contributed by atoms with Crippen molar-refractivity contribution in [3.8, 4) is 12.1 Å². The van der Waals surface area contributed by atoms with E-state index in [0.717, 1.165) is 0 Å². The van der Waals surface area contributed by atoms with Gasteiger partial charge in [0, 0.05) is 6.08 Å². The molecule has 2 aromatic rings. The number of hydrogen-bond donors (Lipinski definition) is 1. The molecule has 0 aromatic heterocycles. The molecule has 0 spiro atoms. The fourth-order valence-electron chi connectivity index (χ4n) is 1.77. The second-order valence-corrected chi connectivity index (χ2v) is 4.18. The van der Waals surface area contributed by atoms with E-state index in [-0.39, 0.29) is 5.91 Å². The van der Waals surface area contributed by atoms with Crippen LogP contribution < -0.4 is 5.32 Å². The zero-order valence-corrected chi connectivity index (χ0v) is 11.1. The summed E-state index contributed by atoms with van der Waals surface area (Å²) >= 11 is 0. The molecular formula is C17H11N3O. The first-order valence-electron chi connectivity index (χ1n) is 6.22. The number of carbonyl (C=O) groups excluding carboxylic acids is 1. The van der Waals surface area contributed by atoms with Crippen LogP contribution in [0.1, 0.15) is 16.7 Å². The Labute approximate surface area is 122 Å². The van der Waals surface area contributed by atoms with Crippen LogP contribution in [-0.4, -0.2) is 5.91 Å². The van der Waals surface area contributed by atoms with Crippen molar-refractivity contribution in [3.63, 3.8) is 0 Å². The number of nitrogens with one attached hydrogen (secondary N) is 1. The molecule has 0 radical (unpaired) electrons. The fourth-order valence-corrected chi connectivity index (χ4v) is 1.77. The third-order valence-electron chi connectivity index (χ3n) is 2.80. The quantitative estimate of drug-likeness (QED) is 0.873. The molecule has 0 atom stereocenters. The Morgan fingerprint density at radius 3 is 2.29 bits per heavy atom. The van der Waals surface area contributed by atoms with Gasteiger partial charge < -0.3 is 5.32 Å². The van der Waals surface area contributed by atoms with Crippen LogP contribution in [0.15, 0.2) is 54.6 Å². The molecule has 0 aliphatic heterocycles. The van der Waals surface area contributed by atoms with Gasteiger partial charge >= 0.3 is 0 Å². The molecule has 0 unspecified atom stereocenters. The minimum atomic E-state index is -0.356. The molecule has 0 aliphatic carbocycles. The minimum absolute atomic E-state index is 0.356. The van der Waals surface area contributed by atoms with Crippen molar-refractivity contribution in [2.75, 3.05) is 5.32 Å². The van der Waals surface area contributed by atoms with Crippen molar-refractivity contribution in [2.24, 2.45) is 0 Å². The molecule has 0 saturated carbocycles. The van der Waals surface area contributed by atoms with E-state index >= 15 is 0 Å². The van der Waals surface area contributed by atoms with Crippen molar-refractivity contribution in [2.45, 2.75) is 0 Å². The van der Waals surface area contributed by atoms with Crippen LogP contribution in [0.25, 0.3) is 6.08 Å². The molecule has 0 saturated heterocycles. The van der Waals surface area contributed by atoms with Gasteiger partial charge in [0.25, 0.3) is 0 Å². The van der Waals surface area contributed by atoms with Crippen LogP contribution in [-0.2, 0) is 4.79 Å². The monoisotopic (exact) mass is 273 g/mol. The number of nitrogens with zero attached hydrogens (tertiary/aromatic N) is 2. The zero-order chi connectivity index (χ0) is 15.1. The second kappa shape index (κ2) is 6.70. The smallest absolute Gasteiger partial charge is 0.248 e. The Balaban J connectivity index is 2.14. The Morgan fingerprint density at radius 1 is 0.952 bits per heavy atom. The SMILES string of the molecule is N#Cc1ccccc1/C=C/C(=O)Nc1ccccc1C#N. The standard InChI is InChI=1S/C17H11N3O/c18-11-14-6-2-1-5-13(14)9-10-17(21)20-16-8-4-3-7-15(16)12-19/h1-10H,(H,20,21)/b10-9+. The molecule has 2 aromatic carbocycles. The van der Waals surface area contributed by atoms with Crippen molar-refractivity contribution in [1.82, 2.24) is 0 Å². The topological polar surface area (TPSA) is 76.7 Å². The van der Waals surface area contributed by atoms with Crippen LogP contribution in [0.2, 0.25) is 0 Å². The minimum Gasteiger partial charge on any atom is -0.321 e. The van der Waals surface area contributed by atoms with Gasteiger partial charge in [-0.05, 0) is 29.8 Å². The summed E-state index contributed by atoms with van der Waals surface area (Å²) < 4.78 is 0. The van der Waals surface area contributed by atoms with Gasteiger partial charge in [0.05, 0.1) is 22.9 Å². The Kier molecular flexibility index (Phi) is 4.48. The average molecular weight is 273 g/mol. The lowest BCUT2D eigenvalue weighted by Crippen LogP contribution is -2.08. The Bertz CT molecular complexity index is 779. The molecule has 0 bridgehead atoms. The molecule has 0 fully saturated rings. The third kappa shape index (κ3) is 3.56. The molecule has 4 heteroatoms. The second-order valence-electron chi connectivity index (χ2n) is 4.18. The summed E-state index contributed by atoms with van der Waals surface area (Å²) in [5.74, 6) is -0.356. The normalized spacial score (nSPS) is 9.81. The molecule has 4 nitrogen and oxygen atoms in total. The summed E-state index contributed by atoms with van der Waals surface area (Å²) in [6.45, 7) is 0. The third-order valence-corrected chi connectivity index (χ3v) is 2.80. The number of anilines is 1. The first kappa shape index (κ1) is 14.0. The van der Waals surface area contributed by atoms with Gasteiger partial charge in [-0.3, -0.25) is 4.79 Å². The van der Waals surface area contributed by atoms with E-state index in [1.165, 1.54) is 6.08 Å². The number of nitriles is 2. The molecule has 100 valence electrons. The van der Waals surface area contributed by atoms with Crippen molar-refractivity contribution in [3.05, 3.63) is 71.3 Å². The van der Waals surface area contributed by atoms with Gasteiger partial charge in [-0.1, -0.05) is 30.3 Å². The van der Waals surface area contributed by atoms with Crippen LogP contribution in [0.4, 0.5) is 5.69 Å². The average Bonchev–Trinajstić information content (AvgIpc) is 2.53. The van der Waals surface area contributed by atoms with E-state index in [0.29, 0.717) is 22.4 Å². The molecule has 1 N–H and O–H groups in total. The first-order valence-corrected chi connectivity index (χ1v) is 6.22. The first-order chi connectivity index (χ1) is 10.2. The number of carbonyl (C=O) groups is 1. The van der Waals surface area contributed by atoms with Gasteiger partial charge in [0.2, 0.25) is 5.91 Å². The maximum Gasteiger partial charge on any atom is 0.248 e. The summed E-state index contributed by atoms with van der Waals surface area (Å²) in [7, 11) is 0. The lowest BCUT2D eigenvalue weighted by Gasteiger charge is -2.03. The maximum atomic E-state index is 11.9. The molecular weight excluding hydrogens is 262 g/mol. The molecule has 1 amide bonds. The van der Waals surface area contributed by atoms with E-state index in [1.807, 2.05) is 6.07 Å². The number of amides is 1. The van der Waals surface area contributed by atoms with E-state index in [2.05, 4.69) is 11.4 Å². The number of rotatable bonds is 3. The number of benzene rings is 2. The van der Waals surface area contributed by atoms with E-state index < -0.39 is 0 Å². The fraction of sp³-hybridized carbons (Fsp3) is 0. The van der Waals surface area contributed by atoms with Gasteiger partial charge in [0.1, 0.15) is 6.07 Å². The summed E-state index contributed by atoms with van der Waals surface area (Å²) in [6, 6.07) is 17.8. The van der Waals surface area contributed by atoms with Crippen molar-refractivity contribution >= 4 is 17.7 Å². The van der Waals surface area contributed by atoms with Crippen LogP contribution in [0, 0.1) is 22.7 Å². The zero-order valence-electron chi connectivity index (χ0n) is 11.1. The predicted octanol–water partition coefficient (Wildman–Crippen LogP) is 3.08. The molecule has 0 aliphatic rings. The summed E-state index contributed by atoms with van der Waals surface area (Å²) in [5.41, 5.74) is 2.03. The highest BCUT2D eigenvalue weighted by Gasteiger charge is 2.03.